The number of anilines is 3. The third-order valence-corrected chi connectivity index (χ3v) is 12.0. The van der Waals surface area contributed by atoms with Crippen LogP contribution in [-0.2, 0) is 27.3 Å². The van der Waals surface area contributed by atoms with E-state index in [2.05, 4.69) is 46.1 Å². The molecule has 60 heavy (non-hydrogen) atoms. The molecule has 0 spiro atoms. The Hall–Kier alpha value is -6.72. The number of fused-ring (bicyclic) bond motifs is 2. The number of benzene rings is 1. The van der Waals surface area contributed by atoms with E-state index in [9.17, 15) is 24.0 Å². The number of hydrogen-bond acceptors (Lipinski definition) is 12. The van der Waals surface area contributed by atoms with Crippen molar-refractivity contribution in [1.29, 1.82) is 0 Å². The summed E-state index contributed by atoms with van der Waals surface area (Å²) in [5.41, 5.74) is 6.61. The number of amides is 6. The number of carbonyl (C=O) groups excluding carboxylic acids is 5. The maximum Gasteiger partial charge on any atom is 0.323 e. The lowest BCUT2D eigenvalue weighted by Gasteiger charge is -2.36. The Balaban J connectivity index is 0.719. The summed E-state index contributed by atoms with van der Waals surface area (Å²) in [5.74, 6) is 0.289. The molecule has 5 aromatic rings. The fourth-order valence-corrected chi connectivity index (χ4v) is 8.81. The topological polar surface area (TPSA) is 213 Å². The Morgan fingerprint density at radius 2 is 1.73 bits per heavy atom. The molecule has 18 nitrogen and oxygen atoms in total. The third kappa shape index (κ3) is 7.88. The van der Waals surface area contributed by atoms with Gasteiger partial charge in [-0.05, 0) is 74.4 Å². The number of carbonyl (C=O) groups is 5. The molecule has 4 aromatic heterocycles. The van der Waals surface area contributed by atoms with Gasteiger partial charge in [-0.2, -0.15) is 10.1 Å². The predicted molar refractivity (Wildman–Crippen MR) is 218 cm³/mol. The van der Waals surface area contributed by atoms with Crippen LogP contribution in [0.5, 0.6) is 0 Å². The Kier molecular flexibility index (Phi) is 10.7. The zero-order valence-corrected chi connectivity index (χ0v) is 33.4. The van der Waals surface area contributed by atoms with Crippen LogP contribution in [0.25, 0.3) is 17.2 Å². The van der Waals surface area contributed by atoms with E-state index in [0.29, 0.717) is 105 Å². The molecule has 0 radical (unpaired) electrons. The van der Waals surface area contributed by atoms with Crippen LogP contribution in [0.4, 0.5) is 21.9 Å². The fourth-order valence-electron chi connectivity index (χ4n) is 8.81. The van der Waals surface area contributed by atoms with Gasteiger partial charge >= 0.3 is 6.03 Å². The summed E-state index contributed by atoms with van der Waals surface area (Å²) in [6.07, 6.45) is 12.2. The molecule has 2 saturated heterocycles. The van der Waals surface area contributed by atoms with Crippen LogP contribution in [-0.4, -0.2) is 101 Å². The van der Waals surface area contributed by atoms with Gasteiger partial charge in [0.1, 0.15) is 11.7 Å². The summed E-state index contributed by atoms with van der Waals surface area (Å²) >= 11 is 0. The summed E-state index contributed by atoms with van der Waals surface area (Å²) in [5, 5.41) is 16.8. The van der Waals surface area contributed by atoms with E-state index in [1.165, 1.54) is 0 Å². The molecule has 1 atom stereocenters. The molecule has 1 aliphatic carbocycles. The molecule has 1 unspecified atom stereocenters. The first-order chi connectivity index (χ1) is 29.2. The average molecular weight is 815 g/mol. The number of piperidine rings is 1. The molecule has 3 fully saturated rings. The van der Waals surface area contributed by atoms with Gasteiger partial charge in [0.15, 0.2) is 5.65 Å². The Morgan fingerprint density at radius 1 is 0.933 bits per heavy atom. The summed E-state index contributed by atoms with van der Waals surface area (Å²) in [4.78, 5) is 82.5. The molecule has 18 heteroatoms. The molecule has 3 N–H and O–H groups in total. The van der Waals surface area contributed by atoms with Crippen molar-refractivity contribution < 1.29 is 28.5 Å². The zero-order chi connectivity index (χ0) is 41.3. The van der Waals surface area contributed by atoms with Crippen LogP contribution >= 0.6 is 0 Å². The van der Waals surface area contributed by atoms with Crippen molar-refractivity contribution >= 4 is 52.4 Å². The molecule has 7 heterocycles. The second-order valence-corrected chi connectivity index (χ2v) is 15.9. The van der Waals surface area contributed by atoms with Crippen molar-refractivity contribution in [2.24, 2.45) is 0 Å². The standard InChI is InChI=1S/C42H46N12O6/c1-25-20-30(43-22-31(25)46-42(59)47-32-23-44-34-14-15-45-54(34)38(32)26-6-2-3-7-26)39-49-36(60-50-39)8-4-5-9-37(56)52-18-16-51(17-19-52)28-10-11-29-27(21-28)24-53(41(29)58)33-12-13-35(55)48-40(33)57/h10-11,14-15,20-23,26,33H,2-9,12-13,16-19,24H2,1H3,(H2,46,47,59)(H,48,55,57). The highest BCUT2D eigenvalue weighted by molar-refractivity contribution is 6.05. The highest BCUT2D eigenvalue weighted by atomic mass is 16.5. The first kappa shape index (κ1) is 38.8. The smallest absolute Gasteiger partial charge is 0.323 e. The second-order valence-electron chi connectivity index (χ2n) is 15.9. The normalized spacial score (nSPS) is 18.3. The van der Waals surface area contributed by atoms with Crippen molar-refractivity contribution in [2.75, 3.05) is 41.7 Å². The van der Waals surface area contributed by atoms with Crippen LogP contribution < -0.4 is 20.9 Å². The molecule has 1 aromatic carbocycles. The number of nitrogens with zero attached hydrogens (tertiary/aromatic N) is 9. The van der Waals surface area contributed by atoms with Gasteiger partial charge in [0, 0.05) is 75.2 Å². The minimum absolute atomic E-state index is 0.104. The minimum atomic E-state index is -0.647. The number of aryl methyl sites for hydroxylation is 2. The monoisotopic (exact) mass is 814 g/mol. The van der Waals surface area contributed by atoms with E-state index in [0.717, 1.165) is 53.8 Å². The van der Waals surface area contributed by atoms with Crippen LogP contribution in [0.2, 0.25) is 0 Å². The van der Waals surface area contributed by atoms with Crippen LogP contribution in [0.15, 0.2) is 53.4 Å². The maximum atomic E-state index is 13.2. The lowest BCUT2D eigenvalue weighted by molar-refractivity contribution is -0.137. The molecule has 4 aliphatic rings. The summed E-state index contributed by atoms with van der Waals surface area (Å²) < 4.78 is 7.33. The second kappa shape index (κ2) is 16.5. The molecule has 6 amide bonds. The fraction of sp³-hybridized carbons (Fsp3) is 0.429. The van der Waals surface area contributed by atoms with Crippen LogP contribution in [0, 0.1) is 6.92 Å². The Bertz CT molecular complexity index is 2480. The Labute approximate surface area is 345 Å². The lowest BCUT2D eigenvalue weighted by atomic mass is 10.0. The lowest BCUT2D eigenvalue weighted by Crippen LogP contribution is -2.52. The SMILES string of the molecule is Cc1cc(-c2noc(CCCCC(=O)N3CCN(c4ccc5c(c4)CN(C4CCC(=O)NC4=O)C5=O)CC3)n2)ncc1NC(=O)Nc1cnc2ccnn2c1C1CCCC1. The van der Waals surface area contributed by atoms with Gasteiger partial charge in [-0.25, -0.2) is 14.3 Å². The first-order valence-corrected chi connectivity index (χ1v) is 20.7. The molecule has 1 saturated carbocycles. The van der Waals surface area contributed by atoms with E-state index in [1.54, 1.807) is 29.6 Å². The Morgan fingerprint density at radius 3 is 2.53 bits per heavy atom. The van der Waals surface area contributed by atoms with Gasteiger partial charge in [-0.3, -0.25) is 29.5 Å². The number of piperazine rings is 1. The number of nitrogens with one attached hydrogen (secondary N) is 3. The maximum absolute atomic E-state index is 13.2. The number of aromatic nitrogens is 6. The van der Waals surface area contributed by atoms with Crippen LogP contribution in [0.3, 0.4) is 0 Å². The molecule has 9 rings (SSSR count). The van der Waals surface area contributed by atoms with E-state index < -0.39 is 18.0 Å². The van der Waals surface area contributed by atoms with E-state index in [1.807, 2.05) is 40.6 Å². The minimum Gasteiger partial charge on any atom is -0.368 e. The van der Waals surface area contributed by atoms with Crippen LogP contribution in [0.1, 0.15) is 96.8 Å². The van der Waals surface area contributed by atoms with Gasteiger partial charge in [0.2, 0.25) is 29.4 Å². The number of unbranched alkanes of at least 4 members (excludes halogenated alkanes) is 1. The van der Waals surface area contributed by atoms with Gasteiger partial charge in [-0.1, -0.05) is 18.0 Å². The molecular weight excluding hydrogens is 769 g/mol. The van der Waals surface area contributed by atoms with Crippen molar-refractivity contribution in [3.8, 4) is 11.5 Å². The van der Waals surface area contributed by atoms with Gasteiger partial charge < -0.3 is 29.9 Å². The number of urea groups is 1. The summed E-state index contributed by atoms with van der Waals surface area (Å²) in [7, 11) is 0. The first-order valence-electron chi connectivity index (χ1n) is 20.7. The van der Waals surface area contributed by atoms with Crippen molar-refractivity contribution in [2.45, 2.75) is 89.6 Å². The average Bonchev–Trinajstić information content (AvgIpc) is 4.09. The predicted octanol–water partition coefficient (Wildman–Crippen LogP) is 4.61. The quantitative estimate of drug-likeness (QED) is 0.123. The molecule has 310 valence electrons. The molecule has 3 aliphatic heterocycles. The van der Waals surface area contributed by atoms with E-state index in [-0.39, 0.29) is 24.1 Å². The highest BCUT2D eigenvalue weighted by Gasteiger charge is 2.39. The van der Waals surface area contributed by atoms with Crippen molar-refractivity contribution in [3.63, 3.8) is 0 Å². The number of hydrogen-bond donors (Lipinski definition) is 3. The molecular formula is C42H46N12O6. The van der Waals surface area contributed by atoms with E-state index in [4.69, 9.17) is 4.52 Å². The highest BCUT2D eigenvalue weighted by Crippen LogP contribution is 2.38. The third-order valence-electron chi connectivity index (χ3n) is 12.0. The van der Waals surface area contributed by atoms with E-state index >= 15 is 0 Å². The number of rotatable bonds is 11. The summed E-state index contributed by atoms with van der Waals surface area (Å²) in [6.45, 7) is 4.72. The van der Waals surface area contributed by atoms with Crippen molar-refractivity contribution in [1.82, 2.24) is 44.8 Å². The van der Waals surface area contributed by atoms with Gasteiger partial charge in [0.05, 0.1) is 35.7 Å². The van der Waals surface area contributed by atoms with Gasteiger partial charge in [-0.15, -0.1) is 0 Å². The number of pyridine rings is 1. The van der Waals surface area contributed by atoms with Gasteiger partial charge in [0.25, 0.3) is 5.91 Å². The summed E-state index contributed by atoms with van der Waals surface area (Å²) in [6, 6.07) is 8.34. The number of imide groups is 1. The largest absolute Gasteiger partial charge is 0.368 e. The zero-order valence-electron chi connectivity index (χ0n) is 33.4. The molecule has 0 bridgehead atoms. The van der Waals surface area contributed by atoms with Crippen molar-refractivity contribution in [3.05, 3.63) is 77.2 Å².